The number of ether oxygens (including phenoxy) is 3. The minimum atomic E-state index is -0.278. The lowest BCUT2D eigenvalue weighted by molar-refractivity contribution is -0.118. The summed E-state index contributed by atoms with van der Waals surface area (Å²) in [5.41, 5.74) is 5.66. The van der Waals surface area contributed by atoms with Crippen LogP contribution in [0, 0.1) is 0 Å². The van der Waals surface area contributed by atoms with Crippen molar-refractivity contribution in [2.75, 3.05) is 27.1 Å². The molecule has 1 heterocycles. The number of thioether (sulfide) groups is 1. The van der Waals surface area contributed by atoms with Crippen LogP contribution in [0.25, 0.3) is 17.1 Å². The molecule has 1 N–H and O–H groups in total. The lowest BCUT2D eigenvalue weighted by atomic mass is 10.1. The second-order valence-corrected chi connectivity index (χ2v) is 9.30. The lowest BCUT2D eigenvalue weighted by Crippen LogP contribution is -2.21. The molecule has 0 aliphatic rings. The first-order chi connectivity index (χ1) is 18.4. The molecule has 0 bridgehead atoms. The predicted molar refractivity (Wildman–Crippen MR) is 149 cm³/mol. The van der Waals surface area contributed by atoms with E-state index in [-0.39, 0.29) is 11.7 Å². The molecule has 0 aliphatic carbocycles. The summed E-state index contributed by atoms with van der Waals surface area (Å²) in [4.78, 5) is 12.6. The van der Waals surface area contributed by atoms with Crippen molar-refractivity contribution in [3.05, 3.63) is 77.3 Å². The fraction of sp³-hybridized carbons (Fsp3) is 0.185. The van der Waals surface area contributed by atoms with Gasteiger partial charge in [0.2, 0.25) is 5.75 Å². The van der Waals surface area contributed by atoms with E-state index in [0.29, 0.717) is 44.5 Å². The number of halogens is 1. The number of aromatic nitrogens is 3. The van der Waals surface area contributed by atoms with Crippen LogP contribution >= 0.6 is 23.4 Å². The molecule has 4 rings (SSSR count). The summed E-state index contributed by atoms with van der Waals surface area (Å²) in [6, 6.07) is 20.5. The van der Waals surface area contributed by atoms with Crippen LogP contribution in [0.5, 0.6) is 17.2 Å². The second-order valence-electron chi connectivity index (χ2n) is 7.92. The third-order valence-electron chi connectivity index (χ3n) is 5.51. The van der Waals surface area contributed by atoms with E-state index < -0.39 is 0 Å². The van der Waals surface area contributed by atoms with Crippen molar-refractivity contribution < 1.29 is 19.0 Å². The normalized spacial score (nSPS) is 11.2. The summed E-state index contributed by atoms with van der Waals surface area (Å²) < 4.78 is 18.4. The Hall–Kier alpha value is -4.02. The number of hydrogen-bond donors (Lipinski definition) is 1. The Morgan fingerprint density at radius 1 is 0.974 bits per heavy atom. The SMILES string of the molecule is COc1cc(-c2nnc(SCC(=O)N/N=C(/C)c3ccc(Cl)cc3)n2-c2ccccc2)cc(OC)c1OC. The molecule has 0 atom stereocenters. The number of hydrogen-bond acceptors (Lipinski definition) is 8. The zero-order valence-corrected chi connectivity index (χ0v) is 22.8. The number of para-hydroxylation sites is 1. The fourth-order valence-corrected chi connectivity index (χ4v) is 4.50. The highest BCUT2D eigenvalue weighted by Crippen LogP contribution is 2.41. The predicted octanol–water partition coefficient (Wildman–Crippen LogP) is 5.25. The van der Waals surface area contributed by atoms with Crippen LogP contribution in [0.4, 0.5) is 0 Å². The number of carbonyl (C=O) groups excluding carboxylic acids is 1. The van der Waals surface area contributed by atoms with Gasteiger partial charge in [0.25, 0.3) is 5.91 Å². The molecule has 4 aromatic rings. The highest BCUT2D eigenvalue weighted by molar-refractivity contribution is 7.99. The molecule has 0 spiro atoms. The van der Waals surface area contributed by atoms with Crippen LogP contribution in [0.2, 0.25) is 5.02 Å². The molecule has 0 unspecified atom stereocenters. The van der Waals surface area contributed by atoms with Crippen LogP contribution < -0.4 is 19.6 Å². The first-order valence-corrected chi connectivity index (χ1v) is 12.8. The first kappa shape index (κ1) is 27.0. The Kier molecular flexibility index (Phi) is 8.88. The van der Waals surface area contributed by atoms with E-state index in [4.69, 9.17) is 25.8 Å². The van der Waals surface area contributed by atoms with Crippen molar-refractivity contribution in [3.8, 4) is 34.3 Å². The number of benzene rings is 3. The summed E-state index contributed by atoms with van der Waals surface area (Å²) in [5.74, 6) is 1.82. The van der Waals surface area contributed by atoms with Gasteiger partial charge < -0.3 is 14.2 Å². The molecule has 3 aromatic carbocycles. The molecule has 0 fully saturated rings. The van der Waals surface area contributed by atoms with Crippen LogP contribution in [-0.4, -0.2) is 53.5 Å². The second kappa shape index (κ2) is 12.5. The summed E-state index contributed by atoms with van der Waals surface area (Å²) in [5, 5.41) is 14.2. The molecule has 38 heavy (non-hydrogen) atoms. The van der Waals surface area contributed by atoms with Crippen LogP contribution in [0.15, 0.2) is 77.0 Å². The van der Waals surface area contributed by atoms with Crippen LogP contribution in [0.1, 0.15) is 12.5 Å². The lowest BCUT2D eigenvalue weighted by Gasteiger charge is -2.15. The van der Waals surface area contributed by atoms with Crippen molar-refractivity contribution in [2.45, 2.75) is 12.1 Å². The molecule has 11 heteroatoms. The molecule has 0 radical (unpaired) electrons. The van der Waals surface area contributed by atoms with Gasteiger partial charge in [-0.2, -0.15) is 5.10 Å². The molecule has 196 valence electrons. The Morgan fingerprint density at radius 3 is 2.24 bits per heavy atom. The van der Waals surface area contributed by atoms with Crippen molar-refractivity contribution in [2.24, 2.45) is 5.10 Å². The van der Waals surface area contributed by atoms with E-state index in [1.54, 1.807) is 45.6 Å². The van der Waals surface area contributed by atoms with Gasteiger partial charge in [0, 0.05) is 16.3 Å². The minimum absolute atomic E-state index is 0.0810. The van der Waals surface area contributed by atoms with E-state index in [9.17, 15) is 4.79 Å². The zero-order valence-electron chi connectivity index (χ0n) is 21.3. The van der Waals surface area contributed by atoms with Gasteiger partial charge in [-0.3, -0.25) is 9.36 Å². The highest BCUT2D eigenvalue weighted by Gasteiger charge is 2.21. The van der Waals surface area contributed by atoms with Crippen molar-refractivity contribution in [1.82, 2.24) is 20.2 Å². The molecular formula is C27H26ClN5O4S. The number of nitrogens with zero attached hydrogens (tertiary/aromatic N) is 4. The largest absolute Gasteiger partial charge is 0.493 e. The smallest absolute Gasteiger partial charge is 0.250 e. The maximum atomic E-state index is 12.6. The number of nitrogens with one attached hydrogen (secondary N) is 1. The summed E-state index contributed by atoms with van der Waals surface area (Å²) in [6.45, 7) is 1.81. The molecule has 0 aliphatic heterocycles. The van der Waals surface area contributed by atoms with Crippen molar-refractivity contribution >= 4 is 35.0 Å². The van der Waals surface area contributed by atoms with Gasteiger partial charge in [0.1, 0.15) is 0 Å². The van der Waals surface area contributed by atoms with E-state index in [1.165, 1.54) is 11.8 Å². The number of amides is 1. The quantitative estimate of drug-likeness (QED) is 0.163. The third-order valence-corrected chi connectivity index (χ3v) is 6.69. The molecule has 1 aromatic heterocycles. The molecule has 9 nitrogen and oxygen atoms in total. The molecule has 0 saturated heterocycles. The van der Waals surface area contributed by atoms with E-state index in [0.717, 1.165) is 11.3 Å². The van der Waals surface area contributed by atoms with Gasteiger partial charge in [-0.1, -0.05) is 53.7 Å². The van der Waals surface area contributed by atoms with E-state index >= 15 is 0 Å². The third kappa shape index (κ3) is 6.09. The summed E-state index contributed by atoms with van der Waals surface area (Å²) in [7, 11) is 4.66. The monoisotopic (exact) mass is 551 g/mol. The Morgan fingerprint density at radius 2 is 1.63 bits per heavy atom. The standard InChI is InChI=1S/C27H26ClN5O4S/c1-17(18-10-12-20(28)13-11-18)29-30-24(34)16-38-27-32-31-26(33(27)21-8-6-5-7-9-21)19-14-22(35-2)25(37-4)23(15-19)36-3/h5-15H,16H2,1-4H3,(H,30,34)/b29-17-. The number of rotatable bonds is 10. The molecule has 1 amide bonds. The first-order valence-electron chi connectivity index (χ1n) is 11.5. The fourth-order valence-electron chi connectivity index (χ4n) is 3.63. The molecular weight excluding hydrogens is 526 g/mol. The molecule has 0 saturated carbocycles. The Balaban J connectivity index is 1.60. The summed E-state index contributed by atoms with van der Waals surface area (Å²) in [6.07, 6.45) is 0. The van der Waals surface area contributed by atoms with E-state index in [1.807, 2.05) is 54.0 Å². The zero-order chi connectivity index (χ0) is 27.1. The summed E-state index contributed by atoms with van der Waals surface area (Å²) >= 11 is 7.19. The highest BCUT2D eigenvalue weighted by atomic mass is 35.5. The van der Waals surface area contributed by atoms with Crippen molar-refractivity contribution in [1.29, 1.82) is 0 Å². The van der Waals surface area contributed by atoms with Gasteiger partial charge in [0.05, 0.1) is 32.8 Å². The van der Waals surface area contributed by atoms with Gasteiger partial charge in [-0.25, -0.2) is 5.43 Å². The average Bonchev–Trinajstić information content (AvgIpc) is 3.38. The van der Waals surface area contributed by atoms with Gasteiger partial charge in [-0.15, -0.1) is 10.2 Å². The minimum Gasteiger partial charge on any atom is -0.493 e. The topological polar surface area (TPSA) is 99.9 Å². The maximum absolute atomic E-state index is 12.6. The maximum Gasteiger partial charge on any atom is 0.250 e. The van der Waals surface area contributed by atoms with Crippen LogP contribution in [0.3, 0.4) is 0 Å². The Bertz CT molecular complexity index is 1420. The van der Waals surface area contributed by atoms with Crippen molar-refractivity contribution in [3.63, 3.8) is 0 Å². The average molecular weight is 552 g/mol. The van der Waals surface area contributed by atoms with Gasteiger partial charge in [0.15, 0.2) is 22.5 Å². The number of carbonyl (C=O) groups is 1. The van der Waals surface area contributed by atoms with E-state index in [2.05, 4.69) is 20.7 Å². The van der Waals surface area contributed by atoms with Gasteiger partial charge in [-0.05, 0) is 48.9 Å². The van der Waals surface area contributed by atoms with Gasteiger partial charge >= 0.3 is 0 Å². The van der Waals surface area contributed by atoms with Crippen LogP contribution in [-0.2, 0) is 4.79 Å². The number of methoxy groups -OCH3 is 3. The number of hydrazone groups is 1. The Labute approximate surface area is 229 Å².